The fourth-order valence-corrected chi connectivity index (χ4v) is 2.10. The van der Waals surface area contributed by atoms with E-state index in [0.29, 0.717) is 12.5 Å². The Labute approximate surface area is 113 Å². The predicted octanol–water partition coefficient (Wildman–Crippen LogP) is 2.75. The quantitative estimate of drug-likeness (QED) is 0.915. The molecule has 1 saturated carbocycles. The van der Waals surface area contributed by atoms with E-state index in [4.69, 9.17) is 10.7 Å². The Balaban J connectivity index is 0.000000722. The van der Waals surface area contributed by atoms with Crippen LogP contribution in [0.5, 0.6) is 0 Å². The molecule has 0 amide bonds. The molecule has 1 aliphatic carbocycles. The number of hydrogen-bond donors (Lipinski definition) is 1. The van der Waals surface area contributed by atoms with E-state index in [9.17, 15) is 0 Å². The lowest BCUT2D eigenvalue weighted by Gasteiger charge is -1.99. The highest BCUT2D eigenvalue weighted by Crippen LogP contribution is 2.40. The zero-order valence-electron chi connectivity index (χ0n) is 9.72. The molecule has 3 rings (SSSR count). The fourth-order valence-electron chi connectivity index (χ4n) is 2.10. The lowest BCUT2D eigenvalue weighted by atomic mass is 10.2. The first-order chi connectivity index (χ1) is 7.29. The van der Waals surface area contributed by atoms with Crippen molar-refractivity contribution in [2.24, 2.45) is 12.8 Å². The molecule has 0 radical (unpaired) electrons. The Morgan fingerprint density at radius 3 is 2.65 bits per heavy atom. The normalized spacial score (nSPS) is 14.2. The molecule has 1 fully saturated rings. The van der Waals surface area contributed by atoms with E-state index in [1.807, 2.05) is 0 Å². The van der Waals surface area contributed by atoms with Crippen LogP contribution in [-0.2, 0) is 13.6 Å². The second-order valence-corrected chi connectivity index (χ2v) is 4.33. The average molecular weight is 274 g/mol. The van der Waals surface area contributed by atoms with Gasteiger partial charge in [-0.15, -0.1) is 24.8 Å². The molecule has 0 aliphatic heterocycles. The highest BCUT2D eigenvalue weighted by molar-refractivity contribution is 5.85. The minimum Gasteiger partial charge on any atom is -0.331 e. The van der Waals surface area contributed by atoms with Gasteiger partial charge in [0.25, 0.3) is 0 Å². The molecule has 1 aliphatic rings. The highest BCUT2D eigenvalue weighted by atomic mass is 35.5. The van der Waals surface area contributed by atoms with E-state index in [2.05, 4.69) is 29.8 Å². The van der Waals surface area contributed by atoms with Crippen LogP contribution in [0.15, 0.2) is 18.2 Å². The van der Waals surface area contributed by atoms with Crippen molar-refractivity contribution in [3.05, 3.63) is 29.6 Å². The van der Waals surface area contributed by atoms with Crippen molar-refractivity contribution in [3.63, 3.8) is 0 Å². The van der Waals surface area contributed by atoms with E-state index >= 15 is 0 Å². The van der Waals surface area contributed by atoms with Gasteiger partial charge in [-0.25, -0.2) is 4.98 Å². The monoisotopic (exact) mass is 273 g/mol. The molecule has 0 unspecified atom stereocenters. The summed E-state index contributed by atoms with van der Waals surface area (Å²) in [5.74, 6) is 1.93. The molecule has 0 saturated heterocycles. The number of imidazole rings is 1. The first-order valence-electron chi connectivity index (χ1n) is 5.45. The number of halogens is 2. The minimum absolute atomic E-state index is 0. The van der Waals surface area contributed by atoms with Crippen LogP contribution in [0.4, 0.5) is 0 Å². The summed E-state index contributed by atoms with van der Waals surface area (Å²) < 4.78 is 2.22. The van der Waals surface area contributed by atoms with Gasteiger partial charge in [0.2, 0.25) is 0 Å². The Morgan fingerprint density at radius 1 is 1.35 bits per heavy atom. The maximum atomic E-state index is 5.62. The van der Waals surface area contributed by atoms with Crippen LogP contribution < -0.4 is 5.73 Å². The molecular weight excluding hydrogens is 257 g/mol. The van der Waals surface area contributed by atoms with Gasteiger partial charge in [-0.05, 0) is 30.5 Å². The standard InChI is InChI=1S/C12H15N3.2ClH/c1-15-11-5-2-8(7-13)6-10(11)14-12(15)9-3-4-9;;/h2,5-6,9H,3-4,7,13H2,1H3;2*1H. The number of hydrogen-bond acceptors (Lipinski definition) is 2. The number of rotatable bonds is 2. The van der Waals surface area contributed by atoms with Gasteiger partial charge in [-0.1, -0.05) is 6.07 Å². The topological polar surface area (TPSA) is 43.8 Å². The first-order valence-corrected chi connectivity index (χ1v) is 5.45. The molecule has 94 valence electrons. The lowest BCUT2D eigenvalue weighted by molar-refractivity contribution is 0.820. The van der Waals surface area contributed by atoms with Gasteiger partial charge in [0.15, 0.2) is 0 Å². The lowest BCUT2D eigenvalue weighted by Crippen LogP contribution is -1.96. The van der Waals surface area contributed by atoms with Crippen molar-refractivity contribution in [3.8, 4) is 0 Å². The summed E-state index contributed by atoms with van der Waals surface area (Å²) in [6.45, 7) is 0.589. The Bertz CT molecular complexity index is 518. The number of aromatic nitrogens is 2. The summed E-state index contributed by atoms with van der Waals surface area (Å²) >= 11 is 0. The predicted molar refractivity (Wildman–Crippen MR) is 75.1 cm³/mol. The molecule has 0 spiro atoms. The third-order valence-corrected chi connectivity index (χ3v) is 3.16. The van der Waals surface area contributed by atoms with E-state index in [-0.39, 0.29) is 24.8 Å². The number of nitrogens with zero attached hydrogens (tertiary/aromatic N) is 2. The summed E-state index contributed by atoms with van der Waals surface area (Å²) in [4.78, 5) is 4.69. The van der Waals surface area contributed by atoms with Crippen LogP contribution in [0.25, 0.3) is 11.0 Å². The van der Waals surface area contributed by atoms with Crippen molar-refractivity contribution >= 4 is 35.8 Å². The van der Waals surface area contributed by atoms with Crippen molar-refractivity contribution in [2.75, 3.05) is 0 Å². The molecule has 1 aromatic carbocycles. The highest BCUT2D eigenvalue weighted by Gasteiger charge is 2.28. The van der Waals surface area contributed by atoms with Gasteiger partial charge in [-0.2, -0.15) is 0 Å². The van der Waals surface area contributed by atoms with Crippen molar-refractivity contribution in [2.45, 2.75) is 25.3 Å². The van der Waals surface area contributed by atoms with E-state index in [0.717, 1.165) is 11.1 Å². The van der Waals surface area contributed by atoms with Crippen LogP contribution in [0.2, 0.25) is 0 Å². The Hall–Kier alpha value is -0.770. The summed E-state index contributed by atoms with van der Waals surface area (Å²) in [5.41, 5.74) is 9.08. The minimum atomic E-state index is 0. The van der Waals surface area contributed by atoms with Crippen LogP contribution in [0.1, 0.15) is 30.1 Å². The molecule has 5 heteroatoms. The second kappa shape index (κ2) is 5.25. The smallest absolute Gasteiger partial charge is 0.112 e. The maximum Gasteiger partial charge on any atom is 0.112 e. The molecule has 2 N–H and O–H groups in total. The van der Waals surface area contributed by atoms with Crippen LogP contribution in [-0.4, -0.2) is 9.55 Å². The third kappa shape index (κ3) is 2.41. The second-order valence-electron chi connectivity index (χ2n) is 4.33. The van der Waals surface area contributed by atoms with Crippen LogP contribution in [0.3, 0.4) is 0 Å². The van der Waals surface area contributed by atoms with Crippen LogP contribution >= 0.6 is 24.8 Å². The van der Waals surface area contributed by atoms with E-state index in [1.54, 1.807) is 0 Å². The summed E-state index contributed by atoms with van der Waals surface area (Å²) in [6, 6.07) is 6.30. The van der Waals surface area contributed by atoms with Gasteiger partial charge in [-0.3, -0.25) is 0 Å². The Kier molecular flexibility index (Phi) is 4.42. The largest absolute Gasteiger partial charge is 0.331 e. The summed E-state index contributed by atoms with van der Waals surface area (Å²) in [5, 5.41) is 0. The maximum absolute atomic E-state index is 5.62. The number of benzene rings is 1. The third-order valence-electron chi connectivity index (χ3n) is 3.16. The molecule has 17 heavy (non-hydrogen) atoms. The van der Waals surface area contributed by atoms with Gasteiger partial charge in [0.1, 0.15) is 5.82 Å². The van der Waals surface area contributed by atoms with Crippen molar-refractivity contribution in [1.82, 2.24) is 9.55 Å². The van der Waals surface area contributed by atoms with Crippen molar-refractivity contribution < 1.29 is 0 Å². The average Bonchev–Trinajstić information content (AvgIpc) is 3.04. The van der Waals surface area contributed by atoms with E-state index in [1.165, 1.54) is 24.2 Å². The zero-order valence-corrected chi connectivity index (χ0v) is 11.4. The fraction of sp³-hybridized carbons (Fsp3) is 0.417. The molecule has 1 heterocycles. The SMILES string of the molecule is Cl.Cl.Cn1c(C2CC2)nc2cc(CN)ccc21. The Morgan fingerprint density at radius 2 is 2.06 bits per heavy atom. The summed E-state index contributed by atoms with van der Waals surface area (Å²) in [6.07, 6.45) is 2.59. The number of aryl methyl sites for hydroxylation is 1. The van der Waals surface area contributed by atoms with Gasteiger partial charge >= 0.3 is 0 Å². The van der Waals surface area contributed by atoms with Crippen LogP contribution in [0, 0.1) is 0 Å². The molecule has 2 aromatic rings. The van der Waals surface area contributed by atoms with Gasteiger partial charge < -0.3 is 10.3 Å². The first kappa shape index (κ1) is 14.3. The zero-order chi connectivity index (χ0) is 10.4. The molecule has 0 atom stereocenters. The van der Waals surface area contributed by atoms with Crippen molar-refractivity contribution in [1.29, 1.82) is 0 Å². The summed E-state index contributed by atoms with van der Waals surface area (Å²) in [7, 11) is 2.10. The molecule has 3 nitrogen and oxygen atoms in total. The number of nitrogens with two attached hydrogens (primary N) is 1. The number of fused-ring (bicyclic) bond motifs is 1. The van der Waals surface area contributed by atoms with Gasteiger partial charge in [0.05, 0.1) is 11.0 Å². The van der Waals surface area contributed by atoms with Gasteiger partial charge in [0, 0.05) is 19.5 Å². The molecular formula is C12H17Cl2N3. The van der Waals surface area contributed by atoms with E-state index < -0.39 is 0 Å². The molecule has 0 bridgehead atoms. The molecule has 1 aromatic heterocycles.